The van der Waals surface area contributed by atoms with Gasteiger partial charge in [-0.15, -0.1) is 0 Å². The van der Waals surface area contributed by atoms with E-state index in [9.17, 15) is 14.4 Å². The van der Waals surface area contributed by atoms with E-state index in [0.717, 1.165) is 12.2 Å². The van der Waals surface area contributed by atoms with Crippen molar-refractivity contribution in [1.29, 1.82) is 10.5 Å². The summed E-state index contributed by atoms with van der Waals surface area (Å²) in [5, 5.41) is 18.4. The molecule has 8 heteroatoms. The van der Waals surface area contributed by atoms with Crippen LogP contribution in [0.3, 0.4) is 0 Å². The summed E-state index contributed by atoms with van der Waals surface area (Å²) in [4.78, 5) is 21.5. The fraction of sp³-hybridized carbons (Fsp3) is 0.440. The largest absolute Gasteiger partial charge is 0.360 e. The highest BCUT2D eigenvalue weighted by molar-refractivity contribution is 5.78. The molecule has 1 saturated carbocycles. The van der Waals surface area contributed by atoms with Crippen LogP contribution in [-0.2, 0) is 15.1 Å². The van der Waals surface area contributed by atoms with Crippen LogP contribution in [0.2, 0.25) is 0 Å². The van der Waals surface area contributed by atoms with E-state index < -0.39 is 11.4 Å². The van der Waals surface area contributed by atoms with E-state index in [4.69, 9.17) is 10.00 Å². The molecular weight excluding hydrogens is 421 g/mol. The zero-order chi connectivity index (χ0) is 23.6. The van der Waals surface area contributed by atoms with Gasteiger partial charge in [-0.2, -0.15) is 10.5 Å². The molecule has 1 saturated heterocycles. The van der Waals surface area contributed by atoms with Gasteiger partial charge in [0.25, 0.3) is 0 Å². The number of nitriles is 2. The summed E-state index contributed by atoms with van der Waals surface area (Å²) >= 11 is 0. The average Bonchev–Trinajstić information content (AvgIpc) is 3.62. The Hall–Kier alpha value is -3.49. The minimum atomic E-state index is -0.682. The first-order valence-electron chi connectivity index (χ1n) is 11.2. The van der Waals surface area contributed by atoms with Crippen LogP contribution in [0.25, 0.3) is 0 Å². The van der Waals surface area contributed by atoms with Gasteiger partial charge in [-0.1, -0.05) is 13.0 Å². The van der Waals surface area contributed by atoms with Gasteiger partial charge < -0.3 is 14.5 Å². The van der Waals surface area contributed by atoms with E-state index in [0.29, 0.717) is 37.1 Å². The quantitative estimate of drug-likeness (QED) is 0.673. The molecule has 1 aromatic heterocycles. The molecular formula is C25H26FN5O2. The van der Waals surface area contributed by atoms with Gasteiger partial charge in [0.1, 0.15) is 24.3 Å². The second-order valence-electron chi connectivity index (χ2n) is 8.72. The molecule has 2 heterocycles. The van der Waals surface area contributed by atoms with Crippen LogP contribution in [0, 0.1) is 28.5 Å². The van der Waals surface area contributed by atoms with E-state index in [1.54, 1.807) is 18.3 Å². The van der Waals surface area contributed by atoms with Crippen LogP contribution in [0.5, 0.6) is 0 Å². The molecule has 0 N–H and O–H groups in total. The molecule has 0 bridgehead atoms. The Labute approximate surface area is 193 Å². The Morgan fingerprint density at radius 3 is 2.64 bits per heavy atom. The standard InChI is InChI=1S/C25H26FN5O2/c1-3-21-15-30(14-17(2)31(21)23-7-4-18(11-27)13-29-23)24(32)16-33-25(8-9-25)22-6-5-20(26)10-19(22)12-28/h4-7,10,13,17,21H,3,8-9,14-16H2,1-2H3. The molecule has 1 aromatic carbocycles. The summed E-state index contributed by atoms with van der Waals surface area (Å²) in [6.07, 6.45) is 3.81. The Morgan fingerprint density at radius 1 is 1.24 bits per heavy atom. The average molecular weight is 448 g/mol. The first kappa shape index (κ1) is 22.7. The van der Waals surface area contributed by atoms with Crippen LogP contribution in [-0.4, -0.2) is 47.6 Å². The van der Waals surface area contributed by atoms with E-state index in [1.165, 1.54) is 12.1 Å². The van der Waals surface area contributed by atoms with Gasteiger partial charge in [0.05, 0.1) is 22.8 Å². The summed E-state index contributed by atoms with van der Waals surface area (Å²) in [6.45, 7) is 5.14. The summed E-state index contributed by atoms with van der Waals surface area (Å²) < 4.78 is 19.6. The highest BCUT2D eigenvalue weighted by Crippen LogP contribution is 2.50. The molecule has 1 aliphatic heterocycles. The number of benzene rings is 1. The number of anilines is 1. The van der Waals surface area contributed by atoms with Crippen molar-refractivity contribution in [3.8, 4) is 12.1 Å². The second-order valence-corrected chi connectivity index (χ2v) is 8.72. The smallest absolute Gasteiger partial charge is 0.248 e. The third-order valence-electron chi connectivity index (χ3n) is 6.52. The number of ether oxygens (including phenoxy) is 1. The number of hydrogen-bond donors (Lipinski definition) is 0. The third-order valence-corrected chi connectivity index (χ3v) is 6.52. The Morgan fingerprint density at radius 2 is 2.03 bits per heavy atom. The van der Waals surface area contributed by atoms with Crippen molar-refractivity contribution in [3.63, 3.8) is 0 Å². The first-order valence-corrected chi connectivity index (χ1v) is 11.2. The number of hydrogen-bond acceptors (Lipinski definition) is 6. The third kappa shape index (κ3) is 4.53. The van der Waals surface area contributed by atoms with Crippen molar-refractivity contribution in [2.75, 3.05) is 24.6 Å². The highest BCUT2D eigenvalue weighted by Gasteiger charge is 2.48. The lowest BCUT2D eigenvalue weighted by atomic mass is 10.0. The summed E-state index contributed by atoms with van der Waals surface area (Å²) in [7, 11) is 0. The molecule has 2 aromatic rings. The Balaban J connectivity index is 1.43. The van der Waals surface area contributed by atoms with Crippen LogP contribution < -0.4 is 4.90 Å². The highest BCUT2D eigenvalue weighted by atomic mass is 19.1. The maximum atomic E-state index is 13.5. The topological polar surface area (TPSA) is 93.2 Å². The van der Waals surface area contributed by atoms with E-state index in [2.05, 4.69) is 29.8 Å². The minimum Gasteiger partial charge on any atom is -0.360 e. The number of rotatable bonds is 6. The SMILES string of the molecule is CCC1CN(C(=O)COC2(c3ccc(F)cc3C#N)CC2)CC(C)N1c1ccc(C#N)cn1. The fourth-order valence-corrected chi connectivity index (χ4v) is 4.63. The number of aromatic nitrogens is 1. The molecule has 0 radical (unpaired) electrons. The molecule has 1 amide bonds. The van der Waals surface area contributed by atoms with Gasteiger partial charge in [-0.05, 0) is 50.5 Å². The molecule has 2 aliphatic rings. The van der Waals surface area contributed by atoms with Gasteiger partial charge in [0, 0.05) is 36.9 Å². The van der Waals surface area contributed by atoms with Gasteiger partial charge >= 0.3 is 0 Å². The molecule has 170 valence electrons. The van der Waals surface area contributed by atoms with Gasteiger partial charge in [-0.25, -0.2) is 9.37 Å². The van der Waals surface area contributed by atoms with E-state index in [-0.39, 0.29) is 30.2 Å². The van der Waals surface area contributed by atoms with Crippen molar-refractivity contribution in [1.82, 2.24) is 9.88 Å². The van der Waals surface area contributed by atoms with Crippen molar-refractivity contribution in [3.05, 3.63) is 59.0 Å². The van der Waals surface area contributed by atoms with Crippen molar-refractivity contribution in [2.24, 2.45) is 0 Å². The molecule has 4 rings (SSSR count). The number of pyridine rings is 1. The second kappa shape index (κ2) is 9.17. The number of amides is 1. The number of carbonyl (C=O) groups is 1. The van der Waals surface area contributed by atoms with Crippen LogP contribution in [0.4, 0.5) is 10.2 Å². The lowest BCUT2D eigenvalue weighted by Gasteiger charge is -2.46. The fourth-order valence-electron chi connectivity index (χ4n) is 4.63. The normalized spacial score (nSPS) is 21.2. The molecule has 2 unspecified atom stereocenters. The molecule has 0 spiro atoms. The van der Waals surface area contributed by atoms with Gasteiger partial charge in [0.15, 0.2) is 0 Å². The summed E-state index contributed by atoms with van der Waals surface area (Å²) in [5.74, 6) is 0.241. The van der Waals surface area contributed by atoms with Crippen LogP contribution >= 0.6 is 0 Å². The number of carbonyl (C=O) groups excluding carboxylic acids is 1. The summed E-state index contributed by atoms with van der Waals surface area (Å²) in [5.41, 5.74) is 0.734. The van der Waals surface area contributed by atoms with Crippen molar-refractivity contribution in [2.45, 2.75) is 50.8 Å². The zero-order valence-corrected chi connectivity index (χ0v) is 18.8. The summed E-state index contributed by atoms with van der Waals surface area (Å²) in [6, 6.07) is 12.0. The van der Waals surface area contributed by atoms with Crippen molar-refractivity contribution < 1.29 is 13.9 Å². The lowest BCUT2D eigenvalue weighted by molar-refractivity contribution is -0.140. The van der Waals surface area contributed by atoms with Crippen LogP contribution in [0.1, 0.15) is 49.8 Å². The molecule has 33 heavy (non-hydrogen) atoms. The minimum absolute atomic E-state index is 0.0465. The lowest BCUT2D eigenvalue weighted by Crippen LogP contribution is -2.60. The van der Waals surface area contributed by atoms with Crippen LogP contribution in [0.15, 0.2) is 36.5 Å². The maximum Gasteiger partial charge on any atom is 0.248 e. The number of piperazine rings is 1. The Kier molecular flexibility index (Phi) is 6.31. The monoisotopic (exact) mass is 447 g/mol. The zero-order valence-electron chi connectivity index (χ0n) is 18.8. The molecule has 1 aliphatic carbocycles. The van der Waals surface area contributed by atoms with E-state index in [1.807, 2.05) is 17.0 Å². The maximum absolute atomic E-state index is 13.5. The molecule has 2 fully saturated rings. The first-order chi connectivity index (χ1) is 15.9. The van der Waals surface area contributed by atoms with E-state index >= 15 is 0 Å². The van der Waals surface area contributed by atoms with Gasteiger partial charge in [0.2, 0.25) is 5.91 Å². The number of nitrogens with zero attached hydrogens (tertiary/aromatic N) is 5. The van der Waals surface area contributed by atoms with Gasteiger partial charge in [-0.3, -0.25) is 4.79 Å². The number of halogens is 1. The Bertz CT molecular complexity index is 1120. The predicted octanol–water partition coefficient (Wildman–Crippen LogP) is 3.49. The molecule has 7 nitrogen and oxygen atoms in total. The predicted molar refractivity (Wildman–Crippen MR) is 120 cm³/mol. The molecule has 2 atom stereocenters. The van der Waals surface area contributed by atoms with Crippen molar-refractivity contribution >= 4 is 11.7 Å².